The van der Waals surface area contributed by atoms with Crippen LogP contribution in [-0.2, 0) is 9.53 Å². The van der Waals surface area contributed by atoms with Crippen LogP contribution in [0.5, 0.6) is 0 Å². The molecule has 1 aliphatic heterocycles. The second-order valence-electron chi connectivity index (χ2n) is 2.08. The van der Waals surface area contributed by atoms with Gasteiger partial charge < -0.3 is 4.74 Å². The van der Waals surface area contributed by atoms with Gasteiger partial charge in [0.15, 0.2) is 0 Å². The topological polar surface area (TPSA) is 75.1 Å². The van der Waals surface area contributed by atoms with Gasteiger partial charge in [-0.1, -0.05) is 0 Å². The molecule has 64 valence electrons. The zero-order valence-corrected chi connectivity index (χ0v) is 7.30. The highest BCUT2D eigenvalue weighted by molar-refractivity contribution is 8.04. The second-order valence-corrected chi connectivity index (χ2v) is 3.18. The molecule has 1 aliphatic rings. The van der Waals surface area contributed by atoms with Crippen molar-refractivity contribution in [1.82, 2.24) is 0 Å². The molecule has 0 bridgehead atoms. The van der Waals surface area contributed by atoms with Crippen molar-refractivity contribution in [2.75, 3.05) is 12.4 Å². The average molecular weight is 185 g/mol. The summed E-state index contributed by atoms with van der Waals surface area (Å²) >= 11 is 1.36. The highest BCUT2D eigenvalue weighted by Gasteiger charge is 2.16. The molecule has 0 radical (unpaired) electrons. The van der Waals surface area contributed by atoms with Crippen LogP contribution in [0, 0.1) is 0 Å². The van der Waals surface area contributed by atoms with E-state index >= 15 is 0 Å². The SMILES string of the molecule is CC1=C(C(=O)N=[N+]=[N-])SCCO1. The number of ether oxygens (including phenoxy) is 1. The standard InChI is InChI=1S/C6H7N3O2S/c1-4-5(6(10)8-9-7)12-3-2-11-4/h2-3H2,1H3. The fourth-order valence-electron chi connectivity index (χ4n) is 0.804. The van der Waals surface area contributed by atoms with Gasteiger partial charge in [-0.15, -0.1) is 11.8 Å². The van der Waals surface area contributed by atoms with Gasteiger partial charge in [0.05, 0.1) is 11.5 Å². The average Bonchev–Trinajstić information content (AvgIpc) is 2.05. The zero-order chi connectivity index (χ0) is 8.97. The molecule has 0 N–H and O–H groups in total. The summed E-state index contributed by atoms with van der Waals surface area (Å²) in [4.78, 5) is 13.9. The van der Waals surface area contributed by atoms with E-state index in [4.69, 9.17) is 10.3 Å². The van der Waals surface area contributed by atoms with Crippen molar-refractivity contribution in [2.24, 2.45) is 5.11 Å². The molecule has 0 saturated carbocycles. The summed E-state index contributed by atoms with van der Waals surface area (Å²) < 4.78 is 5.11. The minimum Gasteiger partial charge on any atom is -0.496 e. The van der Waals surface area contributed by atoms with E-state index in [-0.39, 0.29) is 0 Å². The van der Waals surface area contributed by atoms with E-state index in [1.54, 1.807) is 6.92 Å². The summed E-state index contributed by atoms with van der Waals surface area (Å²) in [6.07, 6.45) is 0. The molecule has 1 amide bonds. The maximum atomic E-state index is 11.0. The second kappa shape index (κ2) is 4.04. The quantitative estimate of drug-likeness (QED) is 0.355. The van der Waals surface area contributed by atoms with Crippen LogP contribution in [0.3, 0.4) is 0 Å². The number of azide groups is 1. The third kappa shape index (κ3) is 1.93. The first-order valence-electron chi connectivity index (χ1n) is 3.31. The summed E-state index contributed by atoms with van der Waals surface area (Å²) in [5.41, 5.74) is 8.02. The van der Waals surface area contributed by atoms with Gasteiger partial charge in [0, 0.05) is 10.7 Å². The van der Waals surface area contributed by atoms with Crippen LogP contribution in [-0.4, -0.2) is 18.3 Å². The molecule has 0 saturated heterocycles. The van der Waals surface area contributed by atoms with Gasteiger partial charge in [-0.3, -0.25) is 4.79 Å². The molecule has 0 unspecified atom stereocenters. The van der Waals surface area contributed by atoms with E-state index in [0.717, 1.165) is 5.75 Å². The number of hydrogen-bond acceptors (Lipinski definition) is 3. The minimum absolute atomic E-state index is 0.416. The molecular weight excluding hydrogens is 178 g/mol. The summed E-state index contributed by atoms with van der Waals surface area (Å²) in [7, 11) is 0. The normalized spacial score (nSPS) is 16.4. The molecule has 12 heavy (non-hydrogen) atoms. The lowest BCUT2D eigenvalue weighted by Crippen LogP contribution is -2.09. The summed E-state index contributed by atoms with van der Waals surface area (Å²) in [6, 6.07) is 0. The molecule has 1 rings (SSSR count). The Morgan fingerprint density at radius 2 is 2.58 bits per heavy atom. The number of carbonyl (C=O) groups excluding carboxylic acids is 1. The van der Waals surface area contributed by atoms with Gasteiger partial charge in [0.2, 0.25) is 0 Å². The number of allylic oxidation sites excluding steroid dienone is 1. The maximum absolute atomic E-state index is 11.0. The lowest BCUT2D eigenvalue weighted by atomic mass is 10.4. The Labute approximate surface area is 73.4 Å². The summed E-state index contributed by atoms with van der Waals surface area (Å²) in [5, 5.41) is 2.98. The van der Waals surface area contributed by atoms with E-state index in [2.05, 4.69) is 10.0 Å². The Kier molecular flexibility index (Phi) is 3.01. The van der Waals surface area contributed by atoms with Crippen molar-refractivity contribution in [3.05, 3.63) is 21.1 Å². The Morgan fingerprint density at radius 3 is 3.17 bits per heavy atom. The van der Waals surface area contributed by atoms with E-state index < -0.39 is 5.91 Å². The predicted molar refractivity (Wildman–Crippen MR) is 45.3 cm³/mol. The van der Waals surface area contributed by atoms with Gasteiger partial charge in [-0.2, -0.15) is 0 Å². The van der Waals surface area contributed by atoms with Crippen molar-refractivity contribution in [1.29, 1.82) is 0 Å². The van der Waals surface area contributed by atoms with E-state index in [1.165, 1.54) is 11.8 Å². The van der Waals surface area contributed by atoms with Gasteiger partial charge >= 0.3 is 0 Å². The van der Waals surface area contributed by atoms with Crippen LogP contribution >= 0.6 is 11.8 Å². The highest BCUT2D eigenvalue weighted by atomic mass is 32.2. The molecule has 0 aromatic carbocycles. The number of nitrogens with zero attached hydrogens (tertiary/aromatic N) is 3. The monoisotopic (exact) mass is 185 g/mol. The van der Waals surface area contributed by atoms with Gasteiger partial charge in [0.25, 0.3) is 5.91 Å². The zero-order valence-electron chi connectivity index (χ0n) is 6.48. The smallest absolute Gasteiger partial charge is 0.258 e. The molecule has 5 nitrogen and oxygen atoms in total. The van der Waals surface area contributed by atoms with Crippen molar-refractivity contribution in [3.8, 4) is 0 Å². The van der Waals surface area contributed by atoms with Gasteiger partial charge in [-0.25, -0.2) is 0 Å². The molecule has 0 aromatic heterocycles. The molecule has 0 aliphatic carbocycles. The molecule has 0 spiro atoms. The fourth-order valence-corrected chi connectivity index (χ4v) is 1.60. The Hall–Kier alpha value is -1.13. The third-order valence-electron chi connectivity index (χ3n) is 1.30. The van der Waals surface area contributed by atoms with E-state index in [0.29, 0.717) is 17.3 Å². The largest absolute Gasteiger partial charge is 0.496 e. The van der Waals surface area contributed by atoms with Gasteiger partial charge in [-0.05, 0) is 17.6 Å². The van der Waals surface area contributed by atoms with Crippen LogP contribution in [0.2, 0.25) is 0 Å². The first kappa shape index (κ1) is 8.96. The number of rotatable bonds is 1. The van der Waals surface area contributed by atoms with E-state index in [1.807, 2.05) is 0 Å². The molecule has 0 atom stereocenters. The Bertz CT molecular complexity index is 278. The first-order chi connectivity index (χ1) is 5.75. The van der Waals surface area contributed by atoms with Crippen molar-refractivity contribution >= 4 is 17.7 Å². The predicted octanol–water partition coefficient (Wildman–Crippen LogP) is 1.82. The van der Waals surface area contributed by atoms with Crippen molar-refractivity contribution in [2.45, 2.75) is 6.92 Å². The number of hydrogen-bond donors (Lipinski definition) is 0. The van der Waals surface area contributed by atoms with Crippen LogP contribution in [0.25, 0.3) is 10.4 Å². The van der Waals surface area contributed by atoms with Crippen LogP contribution in [0.1, 0.15) is 6.92 Å². The van der Waals surface area contributed by atoms with Crippen LogP contribution in [0.15, 0.2) is 15.8 Å². The summed E-state index contributed by atoms with van der Waals surface area (Å²) in [6.45, 7) is 2.29. The third-order valence-corrected chi connectivity index (χ3v) is 2.42. The minimum atomic E-state index is -0.556. The first-order valence-corrected chi connectivity index (χ1v) is 4.30. The van der Waals surface area contributed by atoms with Crippen molar-refractivity contribution < 1.29 is 9.53 Å². The van der Waals surface area contributed by atoms with E-state index in [9.17, 15) is 4.79 Å². The molecule has 0 aromatic rings. The van der Waals surface area contributed by atoms with Crippen LogP contribution < -0.4 is 0 Å². The highest BCUT2D eigenvalue weighted by Crippen LogP contribution is 2.26. The molecule has 0 fully saturated rings. The maximum Gasteiger partial charge on any atom is 0.258 e. The molecule has 6 heteroatoms. The Morgan fingerprint density at radius 1 is 1.83 bits per heavy atom. The lowest BCUT2D eigenvalue weighted by molar-refractivity contribution is -0.114. The number of carbonyl (C=O) groups is 1. The molecular formula is C6H7N3O2S. The molecule has 1 heterocycles. The van der Waals surface area contributed by atoms with Crippen LogP contribution in [0.4, 0.5) is 0 Å². The number of amides is 1. The Balaban J connectivity index is 2.84. The van der Waals surface area contributed by atoms with Gasteiger partial charge in [0.1, 0.15) is 5.76 Å². The summed E-state index contributed by atoms with van der Waals surface area (Å²) in [5.74, 6) is 0.711. The van der Waals surface area contributed by atoms with Crippen molar-refractivity contribution in [3.63, 3.8) is 0 Å². The lowest BCUT2D eigenvalue weighted by Gasteiger charge is -2.15. The number of thioether (sulfide) groups is 1. The fraction of sp³-hybridized carbons (Fsp3) is 0.500.